The second kappa shape index (κ2) is 5.22. The Hall–Kier alpha value is -1.57. The van der Waals surface area contributed by atoms with Crippen LogP contribution in [0.1, 0.15) is 12.0 Å². The second-order valence-corrected chi connectivity index (χ2v) is 3.28. The molecule has 0 aliphatic rings. The van der Waals surface area contributed by atoms with Gasteiger partial charge in [-0.2, -0.15) is 0 Å². The van der Waals surface area contributed by atoms with Crippen molar-refractivity contribution in [2.24, 2.45) is 5.92 Å². The Balaban J connectivity index is 2.57. The highest BCUT2D eigenvalue weighted by Gasteiger charge is 2.09. The number of aliphatic carboxylic acids is 1. The zero-order valence-corrected chi connectivity index (χ0v) is 8.02. The topological polar surface area (TPSA) is 37.3 Å². The van der Waals surface area contributed by atoms with E-state index in [1.807, 2.05) is 30.3 Å². The zero-order valence-electron chi connectivity index (χ0n) is 8.02. The minimum atomic E-state index is -0.772. The summed E-state index contributed by atoms with van der Waals surface area (Å²) in [5.41, 5.74) is 1.15. The van der Waals surface area contributed by atoms with Crippen LogP contribution in [0.5, 0.6) is 0 Å². The molecule has 0 amide bonds. The van der Waals surface area contributed by atoms with Crippen molar-refractivity contribution >= 4 is 5.97 Å². The fourth-order valence-corrected chi connectivity index (χ4v) is 1.38. The molecule has 2 nitrogen and oxygen atoms in total. The van der Waals surface area contributed by atoms with Crippen LogP contribution in [0.4, 0.5) is 0 Å². The average molecular weight is 190 g/mol. The molecule has 0 radical (unpaired) electrons. The summed E-state index contributed by atoms with van der Waals surface area (Å²) in [6.07, 6.45) is 2.61. The third kappa shape index (κ3) is 3.44. The van der Waals surface area contributed by atoms with Crippen molar-refractivity contribution < 1.29 is 9.90 Å². The van der Waals surface area contributed by atoms with Gasteiger partial charge in [-0.1, -0.05) is 36.4 Å². The molecular formula is C12H14O2. The van der Waals surface area contributed by atoms with E-state index < -0.39 is 5.97 Å². The molecule has 0 saturated heterocycles. The van der Waals surface area contributed by atoms with E-state index in [0.717, 1.165) is 12.0 Å². The highest BCUT2D eigenvalue weighted by atomic mass is 16.4. The van der Waals surface area contributed by atoms with E-state index >= 15 is 0 Å². The number of allylic oxidation sites excluding steroid dienone is 1. The zero-order chi connectivity index (χ0) is 10.4. The van der Waals surface area contributed by atoms with Gasteiger partial charge in [-0.3, -0.25) is 4.79 Å². The first kappa shape index (κ1) is 10.5. The summed E-state index contributed by atoms with van der Waals surface area (Å²) < 4.78 is 0. The van der Waals surface area contributed by atoms with Crippen molar-refractivity contribution in [3.05, 3.63) is 48.6 Å². The van der Waals surface area contributed by atoms with E-state index in [0.29, 0.717) is 0 Å². The third-order valence-electron chi connectivity index (χ3n) is 2.11. The maximum absolute atomic E-state index is 10.5. The largest absolute Gasteiger partial charge is 0.481 e. The SMILES string of the molecule is C=C[C@@H](CC(=O)O)Cc1ccccc1. The van der Waals surface area contributed by atoms with Gasteiger partial charge in [0.25, 0.3) is 0 Å². The Morgan fingerprint density at radius 1 is 1.43 bits per heavy atom. The molecule has 0 bridgehead atoms. The number of hydrogen-bond donors (Lipinski definition) is 1. The first-order valence-corrected chi connectivity index (χ1v) is 4.60. The molecule has 0 aromatic heterocycles. The first-order valence-electron chi connectivity index (χ1n) is 4.60. The van der Waals surface area contributed by atoms with Gasteiger partial charge in [-0.05, 0) is 17.9 Å². The molecule has 0 fully saturated rings. The van der Waals surface area contributed by atoms with Gasteiger partial charge >= 0.3 is 5.97 Å². The smallest absolute Gasteiger partial charge is 0.303 e. The van der Waals surface area contributed by atoms with Gasteiger partial charge in [0.15, 0.2) is 0 Å². The Morgan fingerprint density at radius 2 is 2.07 bits per heavy atom. The monoisotopic (exact) mass is 190 g/mol. The Labute approximate surface area is 83.9 Å². The lowest BCUT2D eigenvalue weighted by Crippen LogP contribution is -2.07. The van der Waals surface area contributed by atoms with Crippen LogP contribution in [0.15, 0.2) is 43.0 Å². The Bertz CT molecular complexity index is 303. The van der Waals surface area contributed by atoms with Crippen LogP contribution in [-0.2, 0) is 11.2 Å². The highest BCUT2D eigenvalue weighted by Crippen LogP contribution is 2.12. The summed E-state index contributed by atoms with van der Waals surface area (Å²) in [6.45, 7) is 3.65. The molecule has 0 spiro atoms. The number of hydrogen-bond acceptors (Lipinski definition) is 1. The standard InChI is InChI=1S/C12H14O2/c1-2-10(9-12(13)14)8-11-6-4-3-5-7-11/h2-7,10H,1,8-9H2,(H,13,14)/t10-/m1/s1. The molecule has 1 aromatic carbocycles. The summed E-state index contributed by atoms with van der Waals surface area (Å²) >= 11 is 0. The molecule has 74 valence electrons. The molecule has 0 unspecified atom stereocenters. The van der Waals surface area contributed by atoms with E-state index in [1.165, 1.54) is 0 Å². The fraction of sp³-hybridized carbons (Fsp3) is 0.250. The number of carboxylic acid groups (broad SMARTS) is 1. The van der Waals surface area contributed by atoms with Gasteiger partial charge in [0.05, 0.1) is 6.42 Å². The first-order chi connectivity index (χ1) is 6.72. The summed E-state index contributed by atoms with van der Waals surface area (Å²) in [4.78, 5) is 10.5. The van der Waals surface area contributed by atoms with Crippen molar-refractivity contribution in [3.63, 3.8) is 0 Å². The minimum Gasteiger partial charge on any atom is -0.481 e. The Kier molecular flexibility index (Phi) is 3.92. The number of benzene rings is 1. The number of carboxylic acids is 1. The van der Waals surface area contributed by atoms with Crippen LogP contribution in [0, 0.1) is 5.92 Å². The van der Waals surface area contributed by atoms with Crippen molar-refractivity contribution in [3.8, 4) is 0 Å². The van der Waals surface area contributed by atoms with E-state index in [9.17, 15) is 4.79 Å². The molecule has 1 atom stereocenters. The van der Waals surface area contributed by atoms with Crippen LogP contribution >= 0.6 is 0 Å². The van der Waals surface area contributed by atoms with Crippen molar-refractivity contribution in [1.82, 2.24) is 0 Å². The van der Waals surface area contributed by atoms with Crippen molar-refractivity contribution in [2.75, 3.05) is 0 Å². The lowest BCUT2D eigenvalue weighted by Gasteiger charge is -2.09. The molecule has 1 rings (SSSR count). The highest BCUT2D eigenvalue weighted by molar-refractivity contribution is 5.67. The summed E-state index contributed by atoms with van der Waals surface area (Å²) in [5.74, 6) is -0.749. The minimum absolute atomic E-state index is 0.0231. The van der Waals surface area contributed by atoms with Crippen LogP contribution in [-0.4, -0.2) is 11.1 Å². The molecular weight excluding hydrogens is 176 g/mol. The maximum Gasteiger partial charge on any atom is 0.303 e. The summed E-state index contributed by atoms with van der Waals surface area (Å²) in [6, 6.07) is 9.85. The molecule has 2 heteroatoms. The predicted octanol–water partition coefficient (Wildman–Crippen LogP) is 2.51. The summed E-state index contributed by atoms with van der Waals surface area (Å²) in [5, 5.41) is 8.65. The fourth-order valence-electron chi connectivity index (χ4n) is 1.38. The summed E-state index contributed by atoms with van der Waals surface area (Å²) in [7, 11) is 0. The average Bonchev–Trinajstić information content (AvgIpc) is 2.17. The number of rotatable bonds is 5. The lowest BCUT2D eigenvalue weighted by molar-refractivity contribution is -0.137. The molecule has 1 N–H and O–H groups in total. The van der Waals surface area contributed by atoms with Gasteiger partial charge in [-0.15, -0.1) is 6.58 Å². The lowest BCUT2D eigenvalue weighted by atomic mass is 9.96. The molecule has 0 heterocycles. The van der Waals surface area contributed by atoms with Crippen LogP contribution in [0.2, 0.25) is 0 Å². The number of carbonyl (C=O) groups is 1. The molecule has 1 aromatic rings. The van der Waals surface area contributed by atoms with Gasteiger partial charge < -0.3 is 5.11 Å². The quantitative estimate of drug-likeness (QED) is 0.724. The molecule has 0 saturated carbocycles. The van der Waals surface area contributed by atoms with E-state index in [1.54, 1.807) is 6.08 Å². The third-order valence-corrected chi connectivity index (χ3v) is 2.11. The van der Waals surface area contributed by atoms with Crippen molar-refractivity contribution in [1.29, 1.82) is 0 Å². The van der Waals surface area contributed by atoms with Crippen LogP contribution in [0.3, 0.4) is 0 Å². The molecule has 14 heavy (non-hydrogen) atoms. The van der Waals surface area contributed by atoms with Gasteiger partial charge in [0.1, 0.15) is 0 Å². The Morgan fingerprint density at radius 3 is 2.57 bits per heavy atom. The van der Waals surface area contributed by atoms with Crippen LogP contribution < -0.4 is 0 Å². The molecule has 0 aliphatic heterocycles. The van der Waals surface area contributed by atoms with E-state index in [4.69, 9.17) is 5.11 Å². The van der Waals surface area contributed by atoms with Crippen molar-refractivity contribution in [2.45, 2.75) is 12.8 Å². The second-order valence-electron chi connectivity index (χ2n) is 3.28. The van der Waals surface area contributed by atoms with E-state index in [-0.39, 0.29) is 12.3 Å². The molecule has 0 aliphatic carbocycles. The van der Waals surface area contributed by atoms with Gasteiger partial charge in [-0.25, -0.2) is 0 Å². The van der Waals surface area contributed by atoms with Gasteiger partial charge in [0, 0.05) is 0 Å². The van der Waals surface area contributed by atoms with E-state index in [2.05, 4.69) is 6.58 Å². The normalized spacial score (nSPS) is 12.0. The predicted molar refractivity (Wildman–Crippen MR) is 56.1 cm³/mol. The van der Waals surface area contributed by atoms with Crippen LogP contribution in [0.25, 0.3) is 0 Å². The van der Waals surface area contributed by atoms with Gasteiger partial charge in [0.2, 0.25) is 0 Å². The maximum atomic E-state index is 10.5.